The van der Waals surface area contributed by atoms with E-state index in [-0.39, 0.29) is 42.5 Å². The van der Waals surface area contributed by atoms with Crippen LogP contribution >= 0.6 is 11.6 Å². The van der Waals surface area contributed by atoms with Gasteiger partial charge in [0, 0.05) is 23.7 Å². The SMILES string of the molecule is Cc1c(Cl)cccc1N1C[C@H](C(=O)Oc2ccc(N3C(=O)[C@@H]4CC[C@H](C)C[C@H]4C3=O)cc2)CC1=O. The van der Waals surface area contributed by atoms with Crippen molar-refractivity contribution < 1.29 is 23.9 Å². The van der Waals surface area contributed by atoms with Crippen molar-refractivity contribution in [3.05, 3.63) is 53.1 Å². The number of amides is 3. The lowest BCUT2D eigenvalue weighted by molar-refractivity contribution is -0.139. The minimum Gasteiger partial charge on any atom is -0.426 e. The maximum atomic E-state index is 12.9. The number of halogens is 1. The van der Waals surface area contributed by atoms with Gasteiger partial charge in [-0.05, 0) is 74.1 Å². The normalized spacial score (nSPS) is 26.3. The standard InChI is InChI=1S/C27H27ClN2O5/c1-15-6-11-20-21(12-15)26(33)30(25(20)32)18-7-9-19(10-8-18)35-27(34)17-13-24(31)29(14-17)23-5-3-4-22(28)16(23)2/h3-5,7-10,15,17,20-21H,6,11-14H2,1-2H3/t15-,17+,20+,21+/m0/s1. The van der Waals surface area contributed by atoms with Crippen molar-refractivity contribution in [1.29, 1.82) is 0 Å². The van der Waals surface area contributed by atoms with Crippen LogP contribution in [0.15, 0.2) is 42.5 Å². The molecule has 7 nitrogen and oxygen atoms in total. The topological polar surface area (TPSA) is 84.0 Å². The highest BCUT2D eigenvalue weighted by Gasteiger charge is 2.50. The van der Waals surface area contributed by atoms with Gasteiger partial charge < -0.3 is 9.64 Å². The van der Waals surface area contributed by atoms with Crippen molar-refractivity contribution in [3.8, 4) is 5.75 Å². The Hall–Kier alpha value is -3.19. The number of imide groups is 1. The number of rotatable bonds is 4. The summed E-state index contributed by atoms with van der Waals surface area (Å²) < 4.78 is 5.53. The first-order valence-electron chi connectivity index (χ1n) is 12.0. The summed E-state index contributed by atoms with van der Waals surface area (Å²) >= 11 is 6.19. The van der Waals surface area contributed by atoms with E-state index in [9.17, 15) is 19.2 Å². The average Bonchev–Trinajstić information content (AvgIpc) is 3.33. The monoisotopic (exact) mass is 494 g/mol. The van der Waals surface area contributed by atoms with Gasteiger partial charge in [-0.3, -0.25) is 24.1 Å². The molecule has 3 fully saturated rings. The van der Waals surface area contributed by atoms with Gasteiger partial charge in [0.2, 0.25) is 17.7 Å². The Morgan fingerprint density at radius 3 is 2.46 bits per heavy atom. The van der Waals surface area contributed by atoms with Gasteiger partial charge in [-0.2, -0.15) is 0 Å². The lowest BCUT2D eigenvalue weighted by Crippen LogP contribution is -2.30. The van der Waals surface area contributed by atoms with E-state index < -0.39 is 11.9 Å². The summed E-state index contributed by atoms with van der Waals surface area (Å²) in [5, 5.41) is 0.560. The highest BCUT2D eigenvalue weighted by atomic mass is 35.5. The summed E-state index contributed by atoms with van der Waals surface area (Å²) in [7, 11) is 0. The molecular formula is C27H27ClN2O5. The molecule has 3 amide bonds. The maximum absolute atomic E-state index is 12.9. The minimum absolute atomic E-state index is 0.0564. The number of hydrogen-bond donors (Lipinski definition) is 0. The van der Waals surface area contributed by atoms with Crippen molar-refractivity contribution in [3.63, 3.8) is 0 Å². The Morgan fingerprint density at radius 2 is 1.71 bits per heavy atom. The van der Waals surface area contributed by atoms with Gasteiger partial charge in [-0.25, -0.2) is 0 Å². The molecule has 3 aliphatic rings. The molecule has 182 valence electrons. The number of anilines is 2. The van der Waals surface area contributed by atoms with Crippen molar-refractivity contribution in [2.24, 2.45) is 23.7 Å². The summed E-state index contributed by atoms with van der Waals surface area (Å²) in [6.07, 6.45) is 2.50. The van der Waals surface area contributed by atoms with Gasteiger partial charge in [0.15, 0.2) is 0 Å². The highest BCUT2D eigenvalue weighted by molar-refractivity contribution is 6.31. The first-order chi connectivity index (χ1) is 16.7. The van der Waals surface area contributed by atoms with Crippen LogP contribution in [0.2, 0.25) is 5.02 Å². The molecule has 0 aromatic heterocycles. The number of nitrogens with zero attached hydrogens (tertiary/aromatic N) is 2. The van der Waals surface area contributed by atoms with E-state index in [0.29, 0.717) is 28.1 Å². The molecule has 2 aromatic rings. The lowest BCUT2D eigenvalue weighted by atomic mass is 9.76. The second kappa shape index (κ2) is 9.11. The third-order valence-corrected chi connectivity index (χ3v) is 7.90. The van der Waals surface area contributed by atoms with E-state index in [2.05, 4.69) is 6.92 Å². The third kappa shape index (κ3) is 4.22. The Labute approximate surface area is 209 Å². The van der Waals surface area contributed by atoms with E-state index in [1.165, 1.54) is 4.90 Å². The molecule has 2 saturated heterocycles. The fourth-order valence-corrected chi connectivity index (χ4v) is 5.66. The number of hydrogen-bond acceptors (Lipinski definition) is 5. The van der Waals surface area contributed by atoms with Crippen LogP contribution in [0.5, 0.6) is 5.75 Å². The second-order valence-corrected chi connectivity index (χ2v) is 10.3. The first-order valence-corrected chi connectivity index (χ1v) is 12.4. The van der Waals surface area contributed by atoms with E-state index in [1.54, 1.807) is 41.3 Å². The van der Waals surface area contributed by atoms with Gasteiger partial charge in [-0.1, -0.05) is 24.6 Å². The Kier molecular flexibility index (Phi) is 6.13. The summed E-state index contributed by atoms with van der Waals surface area (Å²) in [5.41, 5.74) is 1.96. The quantitative estimate of drug-likeness (QED) is 0.354. The molecular weight excluding hydrogens is 468 g/mol. The van der Waals surface area contributed by atoms with E-state index in [0.717, 1.165) is 24.8 Å². The Balaban J connectivity index is 1.25. The lowest BCUT2D eigenvalue weighted by Gasteiger charge is -2.25. The molecule has 1 saturated carbocycles. The first kappa shape index (κ1) is 23.5. The molecule has 35 heavy (non-hydrogen) atoms. The van der Waals surface area contributed by atoms with Crippen LogP contribution in [-0.2, 0) is 19.2 Å². The third-order valence-electron chi connectivity index (χ3n) is 7.49. The predicted octanol–water partition coefficient (Wildman–Crippen LogP) is 4.53. The van der Waals surface area contributed by atoms with Gasteiger partial charge in [0.25, 0.3) is 0 Å². The van der Waals surface area contributed by atoms with Crippen LogP contribution in [0.4, 0.5) is 11.4 Å². The van der Waals surface area contributed by atoms with Crippen molar-refractivity contribution in [2.75, 3.05) is 16.3 Å². The van der Waals surface area contributed by atoms with E-state index in [4.69, 9.17) is 16.3 Å². The summed E-state index contributed by atoms with van der Waals surface area (Å²) in [5.74, 6) is -1.28. The number of fused-ring (bicyclic) bond motifs is 1. The van der Waals surface area contributed by atoms with E-state index in [1.807, 2.05) is 13.0 Å². The second-order valence-electron chi connectivity index (χ2n) is 9.85. The van der Waals surface area contributed by atoms with Crippen LogP contribution in [0.25, 0.3) is 0 Å². The molecule has 0 bridgehead atoms. The molecule has 2 heterocycles. The summed E-state index contributed by atoms with van der Waals surface area (Å²) in [6.45, 7) is 4.17. The zero-order valence-electron chi connectivity index (χ0n) is 19.7. The Bertz CT molecular complexity index is 1210. The van der Waals surface area contributed by atoms with Crippen LogP contribution in [0, 0.1) is 30.6 Å². The van der Waals surface area contributed by atoms with Gasteiger partial charge >= 0.3 is 5.97 Å². The smallest absolute Gasteiger partial charge is 0.316 e. The largest absolute Gasteiger partial charge is 0.426 e. The molecule has 8 heteroatoms. The molecule has 2 aromatic carbocycles. The molecule has 5 rings (SSSR count). The number of esters is 1. The van der Waals surface area contributed by atoms with Crippen molar-refractivity contribution in [2.45, 2.75) is 39.5 Å². The molecule has 0 radical (unpaired) electrons. The zero-order valence-corrected chi connectivity index (χ0v) is 20.5. The van der Waals surface area contributed by atoms with Crippen LogP contribution in [-0.4, -0.2) is 30.2 Å². The van der Waals surface area contributed by atoms with Crippen LogP contribution < -0.4 is 14.5 Å². The molecule has 0 N–H and O–H groups in total. The fourth-order valence-electron chi connectivity index (χ4n) is 5.49. The van der Waals surface area contributed by atoms with E-state index >= 15 is 0 Å². The number of carbonyl (C=O) groups is 4. The molecule has 0 unspecified atom stereocenters. The average molecular weight is 495 g/mol. The predicted molar refractivity (Wildman–Crippen MR) is 131 cm³/mol. The molecule has 4 atom stereocenters. The molecule has 1 aliphatic carbocycles. The van der Waals surface area contributed by atoms with Crippen LogP contribution in [0.3, 0.4) is 0 Å². The highest BCUT2D eigenvalue weighted by Crippen LogP contribution is 2.42. The zero-order chi connectivity index (χ0) is 24.9. The van der Waals surface area contributed by atoms with Crippen molar-refractivity contribution >= 4 is 46.7 Å². The summed E-state index contributed by atoms with van der Waals surface area (Å²) in [4.78, 5) is 54.1. The van der Waals surface area contributed by atoms with Gasteiger partial charge in [-0.15, -0.1) is 0 Å². The maximum Gasteiger partial charge on any atom is 0.316 e. The van der Waals surface area contributed by atoms with Crippen LogP contribution in [0.1, 0.15) is 38.2 Å². The summed E-state index contributed by atoms with van der Waals surface area (Å²) in [6, 6.07) is 11.7. The van der Waals surface area contributed by atoms with Crippen molar-refractivity contribution in [1.82, 2.24) is 0 Å². The molecule has 0 spiro atoms. The number of ether oxygens (including phenoxy) is 1. The molecule has 2 aliphatic heterocycles. The van der Waals surface area contributed by atoms with Gasteiger partial charge in [0.1, 0.15) is 5.75 Å². The van der Waals surface area contributed by atoms with Gasteiger partial charge in [0.05, 0.1) is 23.4 Å². The minimum atomic E-state index is -0.604. The fraction of sp³-hybridized carbons (Fsp3) is 0.407. The number of benzene rings is 2. The number of carbonyl (C=O) groups excluding carboxylic acids is 4. The Morgan fingerprint density at radius 1 is 1.00 bits per heavy atom.